The van der Waals surface area contributed by atoms with E-state index in [2.05, 4.69) is 13.3 Å². The SMILES string of the molecule is CCO[Si](OCC)(OCC)C(C(F)(F)F)(C(F)(F)F)C(F)(F)F. The maximum absolute atomic E-state index is 13.2. The summed E-state index contributed by atoms with van der Waals surface area (Å²) in [5.41, 5.74) is 0. The van der Waals surface area contributed by atoms with Crippen LogP contribution in [-0.4, -0.2) is 47.2 Å². The fourth-order valence-corrected chi connectivity index (χ4v) is 5.10. The molecule has 0 saturated heterocycles. The Morgan fingerprint density at radius 2 is 0.783 bits per heavy atom. The van der Waals surface area contributed by atoms with Gasteiger partial charge in [-0.1, -0.05) is 0 Å². The first-order valence-corrected chi connectivity index (χ1v) is 8.03. The van der Waals surface area contributed by atoms with E-state index >= 15 is 0 Å². The highest BCUT2D eigenvalue weighted by molar-refractivity contribution is 6.65. The van der Waals surface area contributed by atoms with Crippen molar-refractivity contribution < 1.29 is 52.8 Å². The minimum Gasteiger partial charge on any atom is -0.373 e. The second kappa shape index (κ2) is 7.15. The van der Waals surface area contributed by atoms with Gasteiger partial charge in [0.15, 0.2) is 0 Å². The first kappa shape index (κ1) is 22.5. The van der Waals surface area contributed by atoms with Gasteiger partial charge in [-0.25, -0.2) is 0 Å². The summed E-state index contributed by atoms with van der Waals surface area (Å²) in [6.07, 6.45) is -20.4. The number of rotatable bonds is 7. The lowest BCUT2D eigenvalue weighted by Gasteiger charge is -2.46. The second-order valence-electron chi connectivity index (χ2n) is 4.10. The summed E-state index contributed by atoms with van der Waals surface area (Å²) in [6.45, 7) is 0.137. The molecule has 13 heteroatoms. The zero-order valence-electron chi connectivity index (χ0n) is 12.2. The predicted octanol–water partition coefficient (Wildman–Crippen LogP) is 4.46. The summed E-state index contributed by atoms with van der Waals surface area (Å²) < 4.78 is 132. The van der Waals surface area contributed by atoms with Crippen LogP contribution >= 0.6 is 0 Å². The third-order valence-corrected chi connectivity index (χ3v) is 6.51. The van der Waals surface area contributed by atoms with Gasteiger partial charge in [-0.05, 0) is 20.8 Å². The zero-order valence-corrected chi connectivity index (χ0v) is 13.2. The number of halogens is 9. The van der Waals surface area contributed by atoms with E-state index in [0.717, 1.165) is 20.8 Å². The molecule has 0 unspecified atom stereocenters. The molecule has 0 aliphatic carbocycles. The van der Waals surface area contributed by atoms with Gasteiger partial charge in [0.2, 0.25) is 0 Å². The first-order valence-electron chi connectivity index (χ1n) is 6.30. The van der Waals surface area contributed by atoms with Crippen molar-refractivity contribution in [2.45, 2.75) is 44.3 Å². The van der Waals surface area contributed by atoms with E-state index in [1.807, 2.05) is 0 Å². The lowest BCUT2D eigenvalue weighted by Crippen LogP contribution is -2.72. The molecule has 0 aliphatic heterocycles. The summed E-state index contributed by atoms with van der Waals surface area (Å²) in [4.78, 5) is 0. The molecule has 0 radical (unpaired) electrons. The lowest BCUT2D eigenvalue weighted by molar-refractivity contribution is -0.371. The normalized spacial score (nSPS) is 15.1. The van der Waals surface area contributed by atoms with E-state index in [1.165, 1.54) is 0 Å². The Bertz CT molecular complexity index is 324. The van der Waals surface area contributed by atoms with Crippen LogP contribution in [0, 0.1) is 0 Å². The van der Waals surface area contributed by atoms with Crippen LogP contribution in [0.15, 0.2) is 0 Å². The molecule has 0 amide bonds. The summed E-state index contributed by atoms with van der Waals surface area (Å²) in [7, 11) is -6.36. The molecule has 0 atom stereocenters. The van der Waals surface area contributed by atoms with E-state index in [1.54, 1.807) is 0 Å². The van der Waals surface area contributed by atoms with Crippen LogP contribution in [0.2, 0.25) is 5.04 Å². The summed E-state index contributed by atoms with van der Waals surface area (Å²) >= 11 is 0. The average molecular weight is 382 g/mol. The van der Waals surface area contributed by atoms with Gasteiger partial charge < -0.3 is 13.3 Å². The average Bonchev–Trinajstić information content (AvgIpc) is 2.23. The molecule has 0 saturated carbocycles. The zero-order chi connectivity index (χ0) is 18.7. The van der Waals surface area contributed by atoms with Crippen LogP contribution in [0.1, 0.15) is 20.8 Å². The van der Waals surface area contributed by atoms with Crippen molar-refractivity contribution in [3.05, 3.63) is 0 Å². The van der Waals surface area contributed by atoms with Crippen molar-refractivity contribution >= 4 is 8.80 Å². The van der Waals surface area contributed by atoms with Gasteiger partial charge in [-0.2, -0.15) is 39.5 Å². The van der Waals surface area contributed by atoms with Gasteiger partial charge in [0.1, 0.15) is 0 Å². The van der Waals surface area contributed by atoms with Crippen molar-refractivity contribution in [1.29, 1.82) is 0 Å². The number of hydrogen-bond donors (Lipinski definition) is 0. The molecule has 0 aromatic carbocycles. The molecule has 0 aliphatic rings. The highest BCUT2D eigenvalue weighted by Gasteiger charge is 2.96. The third-order valence-electron chi connectivity index (χ3n) is 2.74. The minimum atomic E-state index is -6.80. The van der Waals surface area contributed by atoms with Crippen molar-refractivity contribution in [3.63, 3.8) is 0 Å². The highest BCUT2D eigenvalue weighted by Crippen LogP contribution is 2.70. The maximum atomic E-state index is 13.2. The monoisotopic (exact) mass is 382 g/mol. The van der Waals surface area contributed by atoms with Crippen molar-refractivity contribution in [2.24, 2.45) is 0 Å². The van der Waals surface area contributed by atoms with E-state index in [0.29, 0.717) is 0 Å². The summed E-state index contributed by atoms with van der Waals surface area (Å²) in [5.74, 6) is 0. The smallest absolute Gasteiger partial charge is 0.373 e. The van der Waals surface area contributed by atoms with Gasteiger partial charge in [0.05, 0.1) is 0 Å². The molecule has 0 spiro atoms. The van der Waals surface area contributed by atoms with E-state index in [9.17, 15) is 39.5 Å². The number of alkyl halides is 9. The van der Waals surface area contributed by atoms with Crippen LogP contribution in [0.3, 0.4) is 0 Å². The Kier molecular flexibility index (Phi) is 6.98. The van der Waals surface area contributed by atoms with Gasteiger partial charge in [-0.15, -0.1) is 0 Å². The van der Waals surface area contributed by atoms with Gasteiger partial charge in [0, 0.05) is 19.8 Å². The predicted molar refractivity (Wildman–Crippen MR) is 61.5 cm³/mol. The van der Waals surface area contributed by atoms with Gasteiger partial charge >= 0.3 is 32.4 Å². The molecule has 0 heterocycles. The molecular weight excluding hydrogens is 367 g/mol. The van der Waals surface area contributed by atoms with Crippen LogP contribution in [-0.2, 0) is 13.3 Å². The van der Waals surface area contributed by atoms with Crippen LogP contribution in [0.5, 0.6) is 0 Å². The van der Waals surface area contributed by atoms with Crippen molar-refractivity contribution in [3.8, 4) is 0 Å². The van der Waals surface area contributed by atoms with Gasteiger partial charge in [0.25, 0.3) is 0 Å². The Morgan fingerprint density at radius 3 is 0.913 bits per heavy atom. The molecule has 0 N–H and O–H groups in total. The van der Waals surface area contributed by atoms with Crippen molar-refractivity contribution in [1.82, 2.24) is 0 Å². The summed E-state index contributed by atoms with van der Waals surface area (Å²) in [5, 5.41) is -6.25. The van der Waals surface area contributed by atoms with Crippen LogP contribution in [0.4, 0.5) is 39.5 Å². The molecule has 0 aromatic rings. The Morgan fingerprint density at radius 1 is 0.565 bits per heavy atom. The molecular formula is C10H15F9O3Si. The number of hydrogen-bond acceptors (Lipinski definition) is 3. The van der Waals surface area contributed by atoms with Crippen LogP contribution in [0.25, 0.3) is 0 Å². The second-order valence-corrected chi connectivity index (χ2v) is 6.83. The molecule has 23 heavy (non-hydrogen) atoms. The Hall–Kier alpha value is -0.533. The molecule has 140 valence electrons. The maximum Gasteiger partial charge on any atom is 0.536 e. The molecule has 0 rings (SSSR count). The topological polar surface area (TPSA) is 27.7 Å². The van der Waals surface area contributed by atoms with E-state index < -0.39 is 52.2 Å². The fraction of sp³-hybridized carbons (Fsp3) is 1.00. The minimum absolute atomic E-state index is 0.893. The lowest BCUT2D eigenvalue weighted by atomic mass is 10.1. The summed E-state index contributed by atoms with van der Waals surface area (Å²) in [6, 6.07) is 0. The fourth-order valence-electron chi connectivity index (χ4n) is 2.02. The standard InChI is InChI=1S/C10H15F9O3Si/c1-4-20-23(21-5-2,22-6-3)7(8(11,12)13,9(14,15)16)10(17,18)19/h4-6H2,1-3H3. The molecule has 0 fully saturated rings. The molecule has 0 aromatic heterocycles. The quantitative estimate of drug-likeness (QED) is 0.481. The third kappa shape index (κ3) is 3.61. The Balaban J connectivity index is 6.92. The van der Waals surface area contributed by atoms with E-state index in [-0.39, 0.29) is 0 Å². The first-order chi connectivity index (χ1) is 10.2. The van der Waals surface area contributed by atoms with Crippen molar-refractivity contribution in [2.75, 3.05) is 19.8 Å². The Labute approximate surface area is 127 Å². The van der Waals surface area contributed by atoms with Gasteiger partial charge in [-0.3, -0.25) is 0 Å². The molecule has 3 nitrogen and oxygen atoms in total. The highest BCUT2D eigenvalue weighted by atomic mass is 28.4. The van der Waals surface area contributed by atoms with E-state index in [4.69, 9.17) is 0 Å². The molecule has 0 bridgehead atoms. The van der Waals surface area contributed by atoms with Crippen LogP contribution < -0.4 is 0 Å². The largest absolute Gasteiger partial charge is 0.536 e.